The second kappa shape index (κ2) is 4.46. The maximum atomic E-state index is 11.9. The number of benzene rings is 1. The summed E-state index contributed by atoms with van der Waals surface area (Å²) in [5, 5.41) is 2.94. The summed E-state index contributed by atoms with van der Waals surface area (Å²) in [7, 11) is 1.60. The van der Waals surface area contributed by atoms with Crippen LogP contribution in [0.25, 0.3) is 11.0 Å². The lowest BCUT2D eigenvalue weighted by atomic mass is 10.3. The van der Waals surface area contributed by atoms with E-state index in [9.17, 15) is 4.79 Å². The first-order chi connectivity index (χ1) is 9.17. The SMILES string of the molecule is COc1ccc2nc(N)n(CC(=O)NC3CC3)c2c1. The van der Waals surface area contributed by atoms with Gasteiger partial charge in [-0.25, -0.2) is 4.98 Å². The number of carbonyl (C=O) groups excluding carboxylic acids is 1. The van der Waals surface area contributed by atoms with Crippen LogP contribution in [0.2, 0.25) is 0 Å². The molecule has 100 valence electrons. The van der Waals surface area contributed by atoms with Crippen molar-refractivity contribution in [2.24, 2.45) is 0 Å². The van der Waals surface area contributed by atoms with Crippen molar-refractivity contribution in [3.63, 3.8) is 0 Å². The largest absolute Gasteiger partial charge is 0.497 e. The van der Waals surface area contributed by atoms with Crippen LogP contribution in [-0.2, 0) is 11.3 Å². The molecule has 19 heavy (non-hydrogen) atoms. The van der Waals surface area contributed by atoms with E-state index in [4.69, 9.17) is 10.5 Å². The summed E-state index contributed by atoms with van der Waals surface area (Å²) in [4.78, 5) is 16.1. The Bertz CT molecular complexity index is 631. The zero-order chi connectivity index (χ0) is 13.4. The Morgan fingerprint density at radius 3 is 3.05 bits per heavy atom. The zero-order valence-corrected chi connectivity index (χ0v) is 10.7. The van der Waals surface area contributed by atoms with Gasteiger partial charge in [0, 0.05) is 12.1 Å². The monoisotopic (exact) mass is 260 g/mol. The van der Waals surface area contributed by atoms with E-state index in [1.165, 1.54) is 0 Å². The third kappa shape index (κ3) is 2.33. The minimum absolute atomic E-state index is 0.0312. The van der Waals surface area contributed by atoms with E-state index in [2.05, 4.69) is 10.3 Å². The number of methoxy groups -OCH3 is 1. The van der Waals surface area contributed by atoms with E-state index in [1.54, 1.807) is 11.7 Å². The van der Waals surface area contributed by atoms with Crippen molar-refractivity contribution in [2.75, 3.05) is 12.8 Å². The quantitative estimate of drug-likeness (QED) is 0.856. The molecule has 0 aliphatic heterocycles. The molecule has 1 aliphatic rings. The third-order valence-corrected chi connectivity index (χ3v) is 3.23. The Hall–Kier alpha value is -2.24. The topological polar surface area (TPSA) is 82.2 Å². The first-order valence-corrected chi connectivity index (χ1v) is 6.26. The molecule has 3 rings (SSSR count). The lowest BCUT2D eigenvalue weighted by molar-refractivity contribution is -0.121. The zero-order valence-electron chi connectivity index (χ0n) is 10.7. The molecule has 0 atom stereocenters. The minimum Gasteiger partial charge on any atom is -0.497 e. The maximum Gasteiger partial charge on any atom is 0.240 e. The van der Waals surface area contributed by atoms with Gasteiger partial charge in [-0.15, -0.1) is 0 Å². The maximum absolute atomic E-state index is 11.9. The van der Waals surface area contributed by atoms with E-state index >= 15 is 0 Å². The average Bonchev–Trinajstić information content (AvgIpc) is 3.15. The van der Waals surface area contributed by atoms with Gasteiger partial charge in [-0.1, -0.05) is 0 Å². The molecule has 3 N–H and O–H groups in total. The van der Waals surface area contributed by atoms with E-state index in [-0.39, 0.29) is 12.5 Å². The Balaban J connectivity index is 1.91. The molecular weight excluding hydrogens is 244 g/mol. The van der Waals surface area contributed by atoms with Crippen LogP contribution in [0.4, 0.5) is 5.95 Å². The molecule has 0 spiro atoms. The number of hydrogen-bond donors (Lipinski definition) is 2. The first-order valence-electron chi connectivity index (χ1n) is 6.26. The highest BCUT2D eigenvalue weighted by Crippen LogP contribution is 2.23. The van der Waals surface area contributed by atoms with E-state index in [1.807, 2.05) is 18.2 Å². The summed E-state index contributed by atoms with van der Waals surface area (Å²) in [6.45, 7) is 0.187. The molecule has 1 amide bonds. The predicted octanol–water partition coefficient (Wildman–Crippen LogP) is 0.906. The fourth-order valence-corrected chi connectivity index (χ4v) is 2.06. The summed E-state index contributed by atoms with van der Waals surface area (Å²) >= 11 is 0. The van der Waals surface area contributed by atoms with E-state index in [0.717, 1.165) is 29.6 Å². The van der Waals surface area contributed by atoms with Crippen LogP contribution in [0.3, 0.4) is 0 Å². The number of nitrogens with zero attached hydrogens (tertiary/aromatic N) is 2. The molecule has 1 aromatic carbocycles. The normalized spacial score (nSPS) is 14.6. The smallest absolute Gasteiger partial charge is 0.240 e. The number of amides is 1. The van der Waals surface area contributed by atoms with Gasteiger partial charge in [-0.3, -0.25) is 4.79 Å². The molecule has 0 saturated heterocycles. The van der Waals surface area contributed by atoms with Crippen LogP contribution in [0.15, 0.2) is 18.2 Å². The van der Waals surface area contributed by atoms with Crippen molar-refractivity contribution >= 4 is 22.9 Å². The number of nitrogens with two attached hydrogens (primary N) is 1. The van der Waals surface area contributed by atoms with Gasteiger partial charge in [0.25, 0.3) is 0 Å². The Kier molecular flexibility index (Phi) is 2.77. The van der Waals surface area contributed by atoms with Gasteiger partial charge in [0.15, 0.2) is 0 Å². The number of hydrogen-bond acceptors (Lipinski definition) is 4. The van der Waals surface area contributed by atoms with Crippen molar-refractivity contribution in [2.45, 2.75) is 25.4 Å². The molecule has 1 aliphatic carbocycles. The van der Waals surface area contributed by atoms with E-state index < -0.39 is 0 Å². The number of imidazole rings is 1. The molecule has 1 aromatic heterocycles. The number of anilines is 1. The predicted molar refractivity (Wildman–Crippen MR) is 71.9 cm³/mol. The molecule has 1 saturated carbocycles. The number of ether oxygens (including phenoxy) is 1. The van der Waals surface area contributed by atoms with Crippen molar-refractivity contribution < 1.29 is 9.53 Å². The summed E-state index contributed by atoms with van der Waals surface area (Å²) in [5.41, 5.74) is 7.44. The average molecular weight is 260 g/mol. The number of nitrogens with one attached hydrogen (secondary N) is 1. The fourth-order valence-electron chi connectivity index (χ4n) is 2.06. The minimum atomic E-state index is -0.0312. The van der Waals surface area contributed by atoms with Crippen LogP contribution in [0.1, 0.15) is 12.8 Å². The van der Waals surface area contributed by atoms with Crippen LogP contribution in [-0.4, -0.2) is 28.6 Å². The molecule has 0 radical (unpaired) electrons. The molecule has 1 fully saturated rings. The Morgan fingerprint density at radius 1 is 1.58 bits per heavy atom. The molecule has 6 heteroatoms. The van der Waals surface area contributed by atoms with Crippen LogP contribution < -0.4 is 15.8 Å². The molecule has 6 nitrogen and oxygen atoms in total. The lowest BCUT2D eigenvalue weighted by Gasteiger charge is -2.07. The summed E-state index contributed by atoms with van der Waals surface area (Å²) in [5.74, 6) is 1.03. The van der Waals surface area contributed by atoms with Crippen LogP contribution in [0, 0.1) is 0 Å². The standard InChI is InChI=1S/C13H16N4O2/c1-19-9-4-5-10-11(6-9)17(13(14)16-10)7-12(18)15-8-2-3-8/h4-6,8H,2-3,7H2,1H3,(H2,14,16)(H,15,18). The van der Waals surface area contributed by atoms with Gasteiger partial charge in [0.1, 0.15) is 12.3 Å². The summed E-state index contributed by atoms with van der Waals surface area (Å²) < 4.78 is 6.89. The molecule has 1 heterocycles. The second-order valence-electron chi connectivity index (χ2n) is 4.75. The highest BCUT2D eigenvalue weighted by Gasteiger charge is 2.23. The molecular formula is C13H16N4O2. The lowest BCUT2D eigenvalue weighted by Crippen LogP contribution is -2.29. The van der Waals surface area contributed by atoms with Gasteiger partial charge >= 0.3 is 0 Å². The summed E-state index contributed by atoms with van der Waals surface area (Å²) in [6.07, 6.45) is 2.14. The number of rotatable bonds is 4. The number of nitrogen functional groups attached to an aromatic ring is 1. The third-order valence-electron chi connectivity index (χ3n) is 3.23. The summed E-state index contributed by atoms with van der Waals surface area (Å²) in [6, 6.07) is 5.84. The van der Waals surface area contributed by atoms with Crippen LogP contribution in [0.5, 0.6) is 5.75 Å². The van der Waals surface area contributed by atoms with Crippen LogP contribution >= 0.6 is 0 Å². The van der Waals surface area contributed by atoms with Gasteiger partial charge in [0.2, 0.25) is 11.9 Å². The number of aromatic nitrogens is 2. The second-order valence-corrected chi connectivity index (χ2v) is 4.75. The van der Waals surface area contributed by atoms with Gasteiger partial charge in [0.05, 0.1) is 18.1 Å². The number of carbonyl (C=O) groups is 1. The first kappa shape index (κ1) is 11.8. The van der Waals surface area contributed by atoms with Crippen molar-refractivity contribution in [3.05, 3.63) is 18.2 Å². The van der Waals surface area contributed by atoms with Gasteiger partial charge < -0.3 is 20.4 Å². The van der Waals surface area contributed by atoms with Crippen molar-refractivity contribution in [1.82, 2.24) is 14.9 Å². The van der Waals surface area contributed by atoms with Crippen molar-refractivity contribution in [1.29, 1.82) is 0 Å². The molecule has 2 aromatic rings. The highest BCUT2D eigenvalue weighted by molar-refractivity contribution is 5.84. The van der Waals surface area contributed by atoms with Gasteiger partial charge in [-0.2, -0.15) is 0 Å². The Labute approximate surface area is 110 Å². The number of fused-ring (bicyclic) bond motifs is 1. The molecule has 0 unspecified atom stereocenters. The Morgan fingerprint density at radius 2 is 2.37 bits per heavy atom. The highest BCUT2D eigenvalue weighted by atomic mass is 16.5. The fraction of sp³-hybridized carbons (Fsp3) is 0.385. The van der Waals surface area contributed by atoms with Gasteiger partial charge in [-0.05, 0) is 25.0 Å². The van der Waals surface area contributed by atoms with E-state index in [0.29, 0.717) is 12.0 Å². The molecule has 0 bridgehead atoms. The van der Waals surface area contributed by atoms with Crippen molar-refractivity contribution in [3.8, 4) is 5.75 Å².